The largest absolute Gasteiger partial charge is 0.494 e. The van der Waals surface area contributed by atoms with Gasteiger partial charge < -0.3 is 15.4 Å². The predicted octanol–water partition coefficient (Wildman–Crippen LogP) is 5.49. The van der Waals surface area contributed by atoms with Crippen LogP contribution in [0.15, 0.2) is 42.5 Å². The van der Waals surface area contributed by atoms with Crippen molar-refractivity contribution < 1.29 is 13.9 Å². The van der Waals surface area contributed by atoms with Crippen LogP contribution in [0.25, 0.3) is 0 Å². The first-order valence-electron chi connectivity index (χ1n) is 8.80. The van der Waals surface area contributed by atoms with Gasteiger partial charge in [0.2, 0.25) is 5.91 Å². The van der Waals surface area contributed by atoms with Crippen LogP contribution in [0.4, 0.5) is 15.8 Å². The average Bonchev–Trinajstić information content (AvgIpc) is 2.64. The van der Waals surface area contributed by atoms with E-state index < -0.39 is 5.82 Å². The molecule has 0 aliphatic rings. The minimum absolute atomic E-state index is 0.0268. The molecular weight excluding hydrogens is 355 g/mol. The molecule has 0 aliphatic heterocycles. The molecule has 0 heterocycles. The van der Waals surface area contributed by atoms with E-state index in [9.17, 15) is 9.18 Å². The van der Waals surface area contributed by atoms with Crippen molar-refractivity contribution in [3.63, 3.8) is 0 Å². The van der Waals surface area contributed by atoms with Gasteiger partial charge in [0.05, 0.1) is 18.2 Å². The highest BCUT2D eigenvalue weighted by atomic mass is 35.5. The second kappa shape index (κ2) is 10.7. The van der Waals surface area contributed by atoms with Crippen LogP contribution in [0.1, 0.15) is 32.6 Å². The minimum Gasteiger partial charge on any atom is -0.494 e. The molecule has 0 atom stereocenters. The summed E-state index contributed by atoms with van der Waals surface area (Å²) in [6.07, 6.45) is 4.69. The molecule has 0 unspecified atom stereocenters. The molecule has 140 valence electrons. The number of amides is 1. The second-order valence-electron chi connectivity index (χ2n) is 5.96. The van der Waals surface area contributed by atoms with Crippen molar-refractivity contribution in [2.75, 3.05) is 23.8 Å². The van der Waals surface area contributed by atoms with E-state index >= 15 is 0 Å². The van der Waals surface area contributed by atoms with E-state index in [-0.39, 0.29) is 17.5 Å². The third-order valence-corrected chi connectivity index (χ3v) is 4.07. The lowest BCUT2D eigenvalue weighted by Crippen LogP contribution is -2.21. The Morgan fingerprint density at radius 3 is 2.50 bits per heavy atom. The monoisotopic (exact) mass is 378 g/mol. The number of carbonyl (C=O) groups excluding carboxylic acids is 1. The van der Waals surface area contributed by atoms with Crippen LogP contribution in [0, 0.1) is 5.82 Å². The molecular formula is C20H24ClFN2O2. The van der Waals surface area contributed by atoms with Crippen molar-refractivity contribution in [3.8, 4) is 5.75 Å². The first-order chi connectivity index (χ1) is 12.6. The first kappa shape index (κ1) is 20.0. The summed E-state index contributed by atoms with van der Waals surface area (Å²) in [5.74, 6) is 0.0526. The van der Waals surface area contributed by atoms with Crippen LogP contribution in [-0.2, 0) is 4.79 Å². The number of unbranched alkanes of at least 4 members (excludes halogenated alkanes) is 3. The maximum Gasteiger partial charge on any atom is 0.243 e. The first-order valence-corrected chi connectivity index (χ1v) is 9.18. The van der Waals surface area contributed by atoms with E-state index in [2.05, 4.69) is 17.6 Å². The third kappa shape index (κ3) is 6.92. The number of anilines is 2. The van der Waals surface area contributed by atoms with Gasteiger partial charge in [-0.05, 0) is 48.9 Å². The summed E-state index contributed by atoms with van der Waals surface area (Å²) in [6.45, 7) is 2.99. The van der Waals surface area contributed by atoms with Gasteiger partial charge in [-0.15, -0.1) is 0 Å². The standard InChI is InChI=1S/C20H24ClFN2O2/c1-2-3-4-5-12-26-17-9-6-15(7-10-17)23-14-20(25)24-16-8-11-19(22)18(21)13-16/h6-11,13,23H,2-5,12,14H2,1H3,(H,24,25). The van der Waals surface area contributed by atoms with Crippen LogP contribution in [0.2, 0.25) is 5.02 Å². The lowest BCUT2D eigenvalue weighted by Gasteiger charge is -2.10. The van der Waals surface area contributed by atoms with Crippen molar-refractivity contribution in [3.05, 3.63) is 53.3 Å². The summed E-state index contributed by atoms with van der Waals surface area (Å²) in [6, 6.07) is 11.5. The smallest absolute Gasteiger partial charge is 0.243 e. The van der Waals surface area contributed by atoms with Gasteiger partial charge in [-0.3, -0.25) is 4.79 Å². The lowest BCUT2D eigenvalue weighted by molar-refractivity contribution is -0.114. The van der Waals surface area contributed by atoms with E-state index in [1.165, 1.54) is 37.5 Å². The molecule has 0 fully saturated rings. The highest BCUT2D eigenvalue weighted by molar-refractivity contribution is 6.31. The normalized spacial score (nSPS) is 10.4. The molecule has 2 aromatic carbocycles. The average molecular weight is 379 g/mol. The molecule has 0 saturated heterocycles. The Hall–Kier alpha value is -2.27. The highest BCUT2D eigenvalue weighted by Gasteiger charge is 2.05. The molecule has 26 heavy (non-hydrogen) atoms. The zero-order chi connectivity index (χ0) is 18.8. The van der Waals surface area contributed by atoms with Crippen LogP contribution in [0.3, 0.4) is 0 Å². The van der Waals surface area contributed by atoms with Crippen molar-refractivity contribution in [1.29, 1.82) is 0 Å². The number of halogens is 2. The van der Waals surface area contributed by atoms with Crippen LogP contribution in [-0.4, -0.2) is 19.1 Å². The molecule has 2 N–H and O–H groups in total. The number of rotatable bonds is 10. The van der Waals surface area contributed by atoms with Crippen LogP contribution < -0.4 is 15.4 Å². The van der Waals surface area contributed by atoms with E-state index in [0.29, 0.717) is 5.69 Å². The highest BCUT2D eigenvalue weighted by Crippen LogP contribution is 2.19. The summed E-state index contributed by atoms with van der Waals surface area (Å²) in [4.78, 5) is 11.9. The number of ether oxygens (including phenoxy) is 1. The summed E-state index contributed by atoms with van der Waals surface area (Å²) in [7, 11) is 0. The van der Waals surface area contributed by atoms with Gasteiger partial charge in [0, 0.05) is 11.4 Å². The molecule has 0 radical (unpaired) electrons. The predicted molar refractivity (Wildman–Crippen MR) is 105 cm³/mol. The van der Waals surface area contributed by atoms with E-state index in [1.807, 2.05) is 24.3 Å². The summed E-state index contributed by atoms with van der Waals surface area (Å²) in [5.41, 5.74) is 1.27. The Bertz CT molecular complexity index is 707. The maximum absolute atomic E-state index is 13.1. The minimum atomic E-state index is -0.518. The molecule has 0 aliphatic carbocycles. The fourth-order valence-corrected chi connectivity index (χ4v) is 2.53. The molecule has 2 rings (SSSR count). The van der Waals surface area contributed by atoms with Crippen molar-refractivity contribution in [1.82, 2.24) is 0 Å². The molecule has 4 nitrogen and oxygen atoms in total. The lowest BCUT2D eigenvalue weighted by atomic mass is 10.2. The molecule has 1 amide bonds. The van der Waals surface area contributed by atoms with Gasteiger partial charge in [0.25, 0.3) is 0 Å². The van der Waals surface area contributed by atoms with Crippen LogP contribution in [0.5, 0.6) is 5.75 Å². The van der Waals surface area contributed by atoms with E-state index in [4.69, 9.17) is 16.3 Å². The van der Waals surface area contributed by atoms with E-state index in [0.717, 1.165) is 24.5 Å². The van der Waals surface area contributed by atoms with Gasteiger partial charge >= 0.3 is 0 Å². The van der Waals surface area contributed by atoms with Gasteiger partial charge in [0.15, 0.2) is 0 Å². The van der Waals surface area contributed by atoms with Gasteiger partial charge in [-0.1, -0.05) is 37.8 Å². The summed E-state index contributed by atoms with van der Waals surface area (Å²) < 4.78 is 18.8. The number of benzene rings is 2. The fraction of sp³-hybridized carbons (Fsp3) is 0.350. The molecule has 0 aromatic heterocycles. The SMILES string of the molecule is CCCCCCOc1ccc(NCC(=O)Nc2ccc(F)c(Cl)c2)cc1. The zero-order valence-corrected chi connectivity index (χ0v) is 15.6. The molecule has 2 aromatic rings. The topological polar surface area (TPSA) is 50.4 Å². The van der Waals surface area contributed by atoms with Crippen LogP contribution >= 0.6 is 11.6 Å². The molecule has 0 spiro atoms. The fourth-order valence-electron chi connectivity index (χ4n) is 2.35. The molecule has 0 bridgehead atoms. The third-order valence-electron chi connectivity index (χ3n) is 3.78. The maximum atomic E-state index is 13.1. The quantitative estimate of drug-likeness (QED) is 0.537. The van der Waals surface area contributed by atoms with Crippen molar-refractivity contribution in [2.24, 2.45) is 0 Å². The summed E-state index contributed by atoms with van der Waals surface area (Å²) in [5, 5.41) is 5.66. The van der Waals surface area contributed by atoms with Gasteiger partial charge in [0.1, 0.15) is 11.6 Å². The number of hydrogen-bond donors (Lipinski definition) is 2. The Kier molecular flexibility index (Phi) is 8.22. The number of hydrogen-bond acceptors (Lipinski definition) is 3. The second-order valence-corrected chi connectivity index (χ2v) is 6.37. The van der Waals surface area contributed by atoms with Crippen molar-refractivity contribution in [2.45, 2.75) is 32.6 Å². The number of nitrogens with one attached hydrogen (secondary N) is 2. The Balaban J connectivity index is 1.73. The zero-order valence-electron chi connectivity index (χ0n) is 14.9. The Labute approximate surface area is 158 Å². The Morgan fingerprint density at radius 2 is 1.81 bits per heavy atom. The van der Waals surface area contributed by atoms with Crippen molar-refractivity contribution >= 4 is 28.9 Å². The van der Waals surface area contributed by atoms with Gasteiger partial charge in [-0.25, -0.2) is 4.39 Å². The Morgan fingerprint density at radius 1 is 1.08 bits per heavy atom. The van der Waals surface area contributed by atoms with Gasteiger partial charge in [-0.2, -0.15) is 0 Å². The number of carbonyl (C=O) groups is 1. The summed E-state index contributed by atoms with van der Waals surface area (Å²) >= 11 is 5.69. The molecule has 6 heteroatoms. The molecule has 0 saturated carbocycles. The van der Waals surface area contributed by atoms with E-state index in [1.54, 1.807) is 0 Å².